The van der Waals surface area contributed by atoms with Gasteiger partial charge >= 0.3 is 0 Å². The third-order valence-corrected chi connectivity index (χ3v) is 3.93. The monoisotopic (exact) mass is 225 g/mol. The Morgan fingerprint density at radius 3 is 3.07 bits per heavy atom. The van der Waals surface area contributed by atoms with E-state index in [1.165, 1.54) is 29.9 Å². The van der Waals surface area contributed by atoms with Crippen LogP contribution in [0, 0.1) is 12.8 Å². The molecular weight excluding hydrogens is 206 g/mol. The molecule has 84 valence electrons. The Balaban J connectivity index is 1.49. The molecule has 0 amide bonds. The molecule has 0 bridgehead atoms. The minimum absolute atomic E-state index is 0.864. The van der Waals surface area contributed by atoms with Crippen molar-refractivity contribution in [3.63, 3.8) is 0 Å². The molecular formula is C12H19NOS. The molecule has 1 heterocycles. The largest absolute Gasteiger partial charge is 0.468 e. The number of aryl methyl sites for hydroxylation is 1. The SMILES string of the molecule is Cc1ccoc1CNCCSCC1CC1. The highest BCUT2D eigenvalue weighted by Crippen LogP contribution is 2.32. The highest BCUT2D eigenvalue weighted by atomic mass is 32.2. The first-order valence-corrected chi connectivity index (χ1v) is 6.83. The van der Waals surface area contributed by atoms with Gasteiger partial charge in [-0.1, -0.05) is 0 Å². The number of thioether (sulfide) groups is 1. The van der Waals surface area contributed by atoms with Crippen LogP contribution in [0.5, 0.6) is 0 Å². The summed E-state index contributed by atoms with van der Waals surface area (Å²) in [5, 5.41) is 3.41. The molecule has 0 spiro atoms. The minimum atomic E-state index is 0.864. The molecule has 0 aromatic carbocycles. The van der Waals surface area contributed by atoms with Crippen LogP contribution in [-0.4, -0.2) is 18.1 Å². The molecule has 2 rings (SSSR count). The van der Waals surface area contributed by atoms with E-state index in [0.29, 0.717) is 0 Å². The van der Waals surface area contributed by atoms with E-state index in [4.69, 9.17) is 4.42 Å². The first kappa shape index (κ1) is 11.1. The van der Waals surface area contributed by atoms with Crippen molar-refractivity contribution >= 4 is 11.8 Å². The number of furan rings is 1. The second-order valence-corrected chi connectivity index (χ2v) is 5.37. The molecule has 3 heteroatoms. The van der Waals surface area contributed by atoms with Gasteiger partial charge in [0.05, 0.1) is 12.8 Å². The first-order valence-electron chi connectivity index (χ1n) is 5.67. The molecule has 0 radical (unpaired) electrons. The quantitative estimate of drug-likeness (QED) is 0.722. The molecule has 0 saturated heterocycles. The Kier molecular flexibility index (Phi) is 4.15. The van der Waals surface area contributed by atoms with Gasteiger partial charge in [-0.25, -0.2) is 0 Å². The smallest absolute Gasteiger partial charge is 0.120 e. The zero-order valence-electron chi connectivity index (χ0n) is 9.29. The van der Waals surface area contributed by atoms with E-state index in [1.807, 2.05) is 6.07 Å². The summed E-state index contributed by atoms with van der Waals surface area (Å²) < 4.78 is 5.35. The maximum Gasteiger partial charge on any atom is 0.120 e. The van der Waals surface area contributed by atoms with E-state index in [1.54, 1.807) is 6.26 Å². The fraction of sp³-hybridized carbons (Fsp3) is 0.667. The van der Waals surface area contributed by atoms with Gasteiger partial charge in [0.25, 0.3) is 0 Å². The molecule has 1 aromatic rings. The van der Waals surface area contributed by atoms with Crippen LogP contribution in [0.1, 0.15) is 24.2 Å². The average Bonchev–Trinajstić information content (AvgIpc) is 2.96. The highest BCUT2D eigenvalue weighted by Gasteiger charge is 2.20. The van der Waals surface area contributed by atoms with E-state index < -0.39 is 0 Å². The third-order valence-electron chi connectivity index (χ3n) is 2.73. The maximum absolute atomic E-state index is 5.35. The van der Waals surface area contributed by atoms with Crippen molar-refractivity contribution in [3.8, 4) is 0 Å². The molecule has 1 aliphatic rings. The topological polar surface area (TPSA) is 25.2 Å². The average molecular weight is 225 g/mol. The zero-order chi connectivity index (χ0) is 10.5. The lowest BCUT2D eigenvalue weighted by Gasteiger charge is -2.03. The normalized spacial score (nSPS) is 15.8. The maximum atomic E-state index is 5.35. The summed E-state index contributed by atoms with van der Waals surface area (Å²) in [7, 11) is 0. The molecule has 1 aromatic heterocycles. The number of rotatable bonds is 7. The van der Waals surface area contributed by atoms with E-state index in [-0.39, 0.29) is 0 Å². The molecule has 0 atom stereocenters. The van der Waals surface area contributed by atoms with E-state index >= 15 is 0 Å². The minimum Gasteiger partial charge on any atom is -0.468 e. The van der Waals surface area contributed by atoms with Crippen molar-refractivity contribution in [1.82, 2.24) is 5.32 Å². The summed E-state index contributed by atoms with van der Waals surface area (Å²) in [5.74, 6) is 4.70. The van der Waals surface area contributed by atoms with Gasteiger partial charge in [0.1, 0.15) is 5.76 Å². The van der Waals surface area contributed by atoms with Crippen LogP contribution in [0.2, 0.25) is 0 Å². The van der Waals surface area contributed by atoms with Crippen LogP contribution in [0.4, 0.5) is 0 Å². The van der Waals surface area contributed by atoms with Crippen LogP contribution in [-0.2, 0) is 6.54 Å². The van der Waals surface area contributed by atoms with E-state index in [9.17, 15) is 0 Å². The predicted octanol–water partition coefficient (Wildman–Crippen LogP) is 2.82. The Morgan fingerprint density at radius 2 is 2.40 bits per heavy atom. The van der Waals surface area contributed by atoms with Crippen molar-refractivity contribution < 1.29 is 4.42 Å². The lowest BCUT2D eigenvalue weighted by atomic mass is 10.3. The van der Waals surface area contributed by atoms with Gasteiger partial charge in [-0.05, 0) is 43.1 Å². The van der Waals surface area contributed by atoms with E-state index in [0.717, 1.165) is 24.8 Å². The van der Waals surface area contributed by atoms with Crippen LogP contribution in [0.25, 0.3) is 0 Å². The van der Waals surface area contributed by atoms with E-state index in [2.05, 4.69) is 24.0 Å². The van der Waals surface area contributed by atoms with Crippen molar-refractivity contribution in [1.29, 1.82) is 0 Å². The summed E-state index contributed by atoms with van der Waals surface area (Å²) in [6.07, 6.45) is 4.69. The molecule has 0 unspecified atom stereocenters. The van der Waals surface area contributed by atoms with Gasteiger partial charge in [0.15, 0.2) is 0 Å². The lowest BCUT2D eigenvalue weighted by Crippen LogP contribution is -2.16. The summed E-state index contributed by atoms with van der Waals surface area (Å²) in [6, 6.07) is 2.01. The number of nitrogens with one attached hydrogen (secondary N) is 1. The van der Waals surface area contributed by atoms with Gasteiger partial charge in [-0.15, -0.1) is 0 Å². The van der Waals surface area contributed by atoms with Crippen LogP contribution >= 0.6 is 11.8 Å². The second kappa shape index (κ2) is 5.61. The molecule has 1 aliphatic carbocycles. The van der Waals surface area contributed by atoms with Gasteiger partial charge in [-0.3, -0.25) is 0 Å². The molecule has 1 N–H and O–H groups in total. The van der Waals surface area contributed by atoms with Gasteiger partial charge in [-0.2, -0.15) is 11.8 Å². The molecule has 1 fully saturated rings. The van der Waals surface area contributed by atoms with Gasteiger partial charge in [0.2, 0.25) is 0 Å². The van der Waals surface area contributed by atoms with Crippen LogP contribution in [0.15, 0.2) is 16.7 Å². The van der Waals surface area contributed by atoms with Crippen LogP contribution in [0.3, 0.4) is 0 Å². The molecule has 15 heavy (non-hydrogen) atoms. The first-order chi connectivity index (χ1) is 7.36. The number of hydrogen-bond donors (Lipinski definition) is 1. The summed E-state index contributed by atoms with van der Waals surface area (Å²) in [6.45, 7) is 4.03. The number of hydrogen-bond acceptors (Lipinski definition) is 3. The van der Waals surface area contributed by atoms with Crippen molar-refractivity contribution in [2.24, 2.45) is 5.92 Å². The molecule has 0 aliphatic heterocycles. The summed E-state index contributed by atoms with van der Waals surface area (Å²) in [5.41, 5.74) is 1.24. The summed E-state index contributed by atoms with van der Waals surface area (Å²) in [4.78, 5) is 0. The standard InChI is InChI=1S/C12H19NOS/c1-10-4-6-14-12(10)8-13-5-7-15-9-11-2-3-11/h4,6,11,13H,2-3,5,7-9H2,1H3. The van der Waals surface area contributed by atoms with Gasteiger partial charge < -0.3 is 9.73 Å². The summed E-state index contributed by atoms with van der Waals surface area (Å²) >= 11 is 2.07. The zero-order valence-corrected chi connectivity index (χ0v) is 10.1. The highest BCUT2D eigenvalue weighted by molar-refractivity contribution is 7.99. The van der Waals surface area contributed by atoms with Crippen molar-refractivity contribution in [3.05, 3.63) is 23.7 Å². The Bertz CT molecular complexity index is 294. The second-order valence-electron chi connectivity index (χ2n) is 4.22. The Hall–Kier alpha value is -0.410. The van der Waals surface area contributed by atoms with Crippen molar-refractivity contribution in [2.45, 2.75) is 26.3 Å². The molecule has 1 saturated carbocycles. The van der Waals surface area contributed by atoms with Crippen molar-refractivity contribution in [2.75, 3.05) is 18.1 Å². The Labute approximate surface area is 95.8 Å². The predicted molar refractivity (Wildman–Crippen MR) is 65.2 cm³/mol. The van der Waals surface area contributed by atoms with Crippen LogP contribution < -0.4 is 5.32 Å². The molecule has 2 nitrogen and oxygen atoms in total. The fourth-order valence-electron chi connectivity index (χ4n) is 1.47. The van der Waals surface area contributed by atoms with Gasteiger partial charge in [0, 0.05) is 12.3 Å². The Morgan fingerprint density at radius 1 is 1.53 bits per heavy atom. The lowest BCUT2D eigenvalue weighted by molar-refractivity contribution is 0.485. The fourth-order valence-corrected chi connectivity index (χ4v) is 2.59. The third kappa shape index (κ3) is 3.92.